The van der Waals surface area contributed by atoms with Gasteiger partial charge in [0.2, 0.25) is 11.5 Å². The highest BCUT2D eigenvalue weighted by Crippen LogP contribution is 2.40. The SMILES string of the molecule is O=C1C[C@@]2(CC(c3cccc([N+](=O)[O-])c3)=NO2)C(=O)N1c1cccc(C(F)(F)F)c1. The first kappa shape index (κ1) is 19.6. The van der Waals surface area contributed by atoms with Crippen LogP contribution in [0.5, 0.6) is 0 Å². The van der Waals surface area contributed by atoms with E-state index in [9.17, 15) is 32.9 Å². The second kappa shape index (κ2) is 6.65. The first-order valence-corrected chi connectivity index (χ1v) is 8.65. The largest absolute Gasteiger partial charge is 0.416 e. The van der Waals surface area contributed by atoms with E-state index in [2.05, 4.69) is 5.16 Å². The van der Waals surface area contributed by atoms with Gasteiger partial charge in [0.05, 0.1) is 28.3 Å². The number of hydrogen-bond acceptors (Lipinski definition) is 6. The Morgan fingerprint density at radius 1 is 1.10 bits per heavy atom. The minimum absolute atomic E-state index is 0.145. The number of hydrogen-bond donors (Lipinski definition) is 0. The molecule has 1 spiro atoms. The van der Waals surface area contributed by atoms with Gasteiger partial charge in [-0.15, -0.1) is 0 Å². The second-order valence-corrected chi connectivity index (χ2v) is 6.87. The van der Waals surface area contributed by atoms with Crippen LogP contribution in [-0.4, -0.2) is 28.1 Å². The van der Waals surface area contributed by atoms with Gasteiger partial charge in [0.1, 0.15) is 0 Å². The van der Waals surface area contributed by atoms with Crippen molar-refractivity contribution in [2.45, 2.75) is 24.6 Å². The molecule has 11 heteroatoms. The summed E-state index contributed by atoms with van der Waals surface area (Å²) in [6, 6.07) is 9.40. The third kappa shape index (κ3) is 3.17. The zero-order chi connectivity index (χ0) is 21.7. The van der Waals surface area contributed by atoms with Crippen molar-refractivity contribution in [1.29, 1.82) is 0 Å². The fraction of sp³-hybridized carbons (Fsp3) is 0.211. The smallest absolute Gasteiger partial charge is 0.378 e. The molecule has 0 bridgehead atoms. The summed E-state index contributed by atoms with van der Waals surface area (Å²) in [5.74, 6) is -1.56. The molecular weight excluding hydrogens is 407 g/mol. The fourth-order valence-corrected chi connectivity index (χ4v) is 3.44. The topological polar surface area (TPSA) is 102 Å². The van der Waals surface area contributed by atoms with Crippen LogP contribution in [0.1, 0.15) is 24.0 Å². The summed E-state index contributed by atoms with van der Waals surface area (Å²) in [6.45, 7) is 0. The van der Waals surface area contributed by atoms with E-state index in [1.54, 1.807) is 6.07 Å². The summed E-state index contributed by atoms with van der Waals surface area (Å²) in [6.07, 6.45) is -5.19. The van der Waals surface area contributed by atoms with Gasteiger partial charge in [-0.1, -0.05) is 23.4 Å². The number of carbonyl (C=O) groups excluding carboxylic acids is 2. The van der Waals surface area contributed by atoms with Crippen LogP contribution in [0.25, 0.3) is 0 Å². The minimum atomic E-state index is -4.64. The maximum atomic E-state index is 13.0. The first-order valence-electron chi connectivity index (χ1n) is 8.65. The van der Waals surface area contributed by atoms with Crippen LogP contribution in [0.4, 0.5) is 24.5 Å². The van der Waals surface area contributed by atoms with Crippen LogP contribution in [0.2, 0.25) is 0 Å². The van der Waals surface area contributed by atoms with Crippen molar-refractivity contribution >= 4 is 28.9 Å². The number of nitro benzene ring substituents is 1. The van der Waals surface area contributed by atoms with E-state index >= 15 is 0 Å². The van der Waals surface area contributed by atoms with Crippen molar-refractivity contribution in [3.8, 4) is 0 Å². The molecule has 1 fully saturated rings. The lowest BCUT2D eigenvalue weighted by Gasteiger charge is -2.20. The monoisotopic (exact) mass is 419 g/mol. The summed E-state index contributed by atoms with van der Waals surface area (Å²) < 4.78 is 39.0. The molecule has 1 atom stereocenters. The molecule has 0 unspecified atom stereocenters. The number of alkyl halides is 3. The Morgan fingerprint density at radius 2 is 1.83 bits per heavy atom. The average Bonchev–Trinajstić information content (AvgIpc) is 3.23. The number of halogens is 3. The van der Waals surface area contributed by atoms with Gasteiger partial charge in [-0.3, -0.25) is 19.7 Å². The Balaban J connectivity index is 1.61. The molecule has 154 valence electrons. The van der Waals surface area contributed by atoms with Gasteiger partial charge >= 0.3 is 6.18 Å². The number of amides is 2. The minimum Gasteiger partial charge on any atom is -0.378 e. The fourth-order valence-electron chi connectivity index (χ4n) is 3.44. The number of anilines is 1. The Bertz CT molecular complexity index is 1110. The number of nitrogens with zero attached hydrogens (tertiary/aromatic N) is 3. The van der Waals surface area contributed by atoms with Crippen LogP contribution >= 0.6 is 0 Å². The number of imide groups is 1. The van der Waals surface area contributed by atoms with Crippen LogP contribution in [0.3, 0.4) is 0 Å². The van der Waals surface area contributed by atoms with Crippen LogP contribution in [0.15, 0.2) is 53.7 Å². The highest BCUT2D eigenvalue weighted by Gasteiger charge is 2.58. The average molecular weight is 419 g/mol. The molecule has 2 aromatic rings. The molecule has 30 heavy (non-hydrogen) atoms. The van der Waals surface area contributed by atoms with Gasteiger partial charge in [0.25, 0.3) is 11.6 Å². The number of oxime groups is 1. The molecule has 0 aromatic heterocycles. The molecule has 1 saturated heterocycles. The molecule has 2 amide bonds. The number of rotatable bonds is 3. The third-order valence-corrected chi connectivity index (χ3v) is 4.88. The van der Waals surface area contributed by atoms with Crippen molar-refractivity contribution in [2.75, 3.05) is 4.90 Å². The van der Waals surface area contributed by atoms with Gasteiger partial charge in [0, 0.05) is 24.1 Å². The van der Waals surface area contributed by atoms with Gasteiger partial charge in [-0.2, -0.15) is 13.2 Å². The summed E-state index contributed by atoms with van der Waals surface area (Å²) in [5, 5.41) is 14.8. The van der Waals surface area contributed by atoms with Gasteiger partial charge < -0.3 is 4.84 Å². The number of non-ortho nitro benzene ring substituents is 1. The summed E-state index contributed by atoms with van der Waals surface area (Å²) in [4.78, 5) is 41.8. The predicted octanol–water partition coefficient (Wildman–Crippen LogP) is 3.44. The number of benzene rings is 2. The van der Waals surface area contributed by atoms with E-state index in [4.69, 9.17) is 4.84 Å². The summed E-state index contributed by atoms with van der Waals surface area (Å²) in [5.41, 5.74) is -2.52. The maximum absolute atomic E-state index is 13.0. The quantitative estimate of drug-likeness (QED) is 0.431. The predicted molar refractivity (Wildman–Crippen MR) is 96.6 cm³/mol. The third-order valence-electron chi connectivity index (χ3n) is 4.88. The van der Waals surface area contributed by atoms with E-state index < -0.39 is 40.5 Å². The zero-order valence-corrected chi connectivity index (χ0v) is 15.0. The lowest BCUT2D eigenvalue weighted by atomic mass is 9.92. The summed E-state index contributed by atoms with van der Waals surface area (Å²) >= 11 is 0. The van der Waals surface area contributed by atoms with Crippen LogP contribution in [-0.2, 0) is 20.6 Å². The molecule has 0 N–H and O–H groups in total. The highest BCUT2D eigenvalue weighted by molar-refractivity contribution is 6.25. The molecule has 2 aromatic carbocycles. The van der Waals surface area contributed by atoms with E-state index in [0.717, 1.165) is 12.1 Å². The van der Waals surface area contributed by atoms with E-state index in [1.165, 1.54) is 24.3 Å². The van der Waals surface area contributed by atoms with E-state index in [0.29, 0.717) is 16.5 Å². The standard InChI is InChI=1S/C19H12F3N3O5/c20-19(21,22)12-4-2-5-13(8-12)24-16(26)10-18(17(24)27)9-15(23-30-18)11-3-1-6-14(7-11)25(28)29/h1-8H,9-10H2/t18-/m0/s1. The molecule has 0 saturated carbocycles. The van der Waals surface area contributed by atoms with Gasteiger partial charge in [-0.05, 0) is 18.2 Å². The molecule has 4 rings (SSSR count). The Hall–Kier alpha value is -3.76. The van der Waals surface area contributed by atoms with Crippen molar-refractivity contribution in [2.24, 2.45) is 5.16 Å². The lowest BCUT2D eigenvalue weighted by Crippen LogP contribution is -2.41. The molecule has 0 radical (unpaired) electrons. The van der Waals surface area contributed by atoms with Crippen LogP contribution in [0, 0.1) is 10.1 Å². The molecule has 2 heterocycles. The normalized spacial score (nSPS) is 21.2. The van der Waals surface area contributed by atoms with Gasteiger partial charge in [-0.25, -0.2) is 4.90 Å². The molecule has 2 aliphatic rings. The van der Waals surface area contributed by atoms with Crippen molar-refractivity contribution in [1.82, 2.24) is 0 Å². The lowest BCUT2D eigenvalue weighted by molar-refractivity contribution is -0.384. The van der Waals surface area contributed by atoms with Gasteiger partial charge in [0.15, 0.2) is 0 Å². The molecular formula is C19H12F3N3O5. The van der Waals surface area contributed by atoms with Crippen molar-refractivity contribution < 1.29 is 32.5 Å². The highest BCUT2D eigenvalue weighted by atomic mass is 19.4. The zero-order valence-electron chi connectivity index (χ0n) is 15.0. The molecule has 8 nitrogen and oxygen atoms in total. The summed E-state index contributed by atoms with van der Waals surface area (Å²) in [7, 11) is 0. The molecule has 0 aliphatic carbocycles. The molecule has 2 aliphatic heterocycles. The van der Waals surface area contributed by atoms with E-state index in [-0.39, 0.29) is 23.5 Å². The second-order valence-electron chi connectivity index (χ2n) is 6.87. The Kier molecular flexibility index (Phi) is 4.33. The maximum Gasteiger partial charge on any atom is 0.416 e. The Labute approximate surface area is 166 Å². The first-order chi connectivity index (χ1) is 14.1. The number of nitro groups is 1. The van der Waals surface area contributed by atoms with E-state index in [1.807, 2.05) is 0 Å². The van der Waals surface area contributed by atoms with Crippen LogP contribution < -0.4 is 4.90 Å². The van der Waals surface area contributed by atoms with Crippen molar-refractivity contribution in [3.05, 3.63) is 69.8 Å². The number of carbonyl (C=O) groups is 2. The Morgan fingerprint density at radius 3 is 2.53 bits per heavy atom. The van der Waals surface area contributed by atoms with Crippen molar-refractivity contribution in [3.63, 3.8) is 0 Å².